The van der Waals surface area contributed by atoms with E-state index in [9.17, 15) is 4.79 Å². The van der Waals surface area contributed by atoms with Gasteiger partial charge in [-0.2, -0.15) is 0 Å². The maximum Gasteiger partial charge on any atom is 0.236 e. The van der Waals surface area contributed by atoms with Gasteiger partial charge in [-0.05, 0) is 36.6 Å². The lowest BCUT2D eigenvalue weighted by Crippen LogP contribution is -2.54. The Labute approximate surface area is 180 Å². The molecule has 1 aromatic heterocycles. The number of carbonyl (C=O) groups excluding carboxylic acids is 1. The Morgan fingerprint density at radius 2 is 1.83 bits per heavy atom. The molecule has 0 aliphatic carbocycles. The zero-order valence-corrected chi connectivity index (χ0v) is 18.9. The molecule has 29 heavy (non-hydrogen) atoms. The molecule has 1 unspecified atom stereocenters. The van der Waals surface area contributed by atoms with Crippen LogP contribution >= 0.6 is 11.3 Å². The van der Waals surface area contributed by atoms with Gasteiger partial charge in [-0.3, -0.25) is 14.7 Å². The van der Waals surface area contributed by atoms with Gasteiger partial charge in [0.05, 0.1) is 6.54 Å². The van der Waals surface area contributed by atoms with E-state index in [0.717, 1.165) is 71.0 Å². The standard InChI is InChI=1S/C22H37N5OS/c1-19(16-20-8-7-15-29-20)17-24-22(23-2)27-13-11-25(12-14-27)18-21(28)26-9-5-3-4-6-10-26/h7-8,15,19H,3-6,9-14,16-18H2,1-2H3,(H,23,24). The van der Waals surface area contributed by atoms with Crippen LogP contribution in [0.5, 0.6) is 0 Å². The number of aliphatic imine (C=N–C) groups is 1. The molecule has 2 saturated heterocycles. The van der Waals surface area contributed by atoms with E-state index >= 15 is 0 Å². The van der Waals surface area contributed by atoms with E-state index in [4.69, 9.17) is 0 Å². The number of nitrogens with zero attached hydrogens (tertiary/aromatic N) is 4. The SMILES string of the molecule is CN=C(NCC(C)Cc1cccs1)N1CCN(CC(=O)N2CCCCCC2)CC1. The van der Waals surface area contributed by atoms with Crippen molar-refractivity contribution in [3.8, 4) is 0 Å². The van der Waals surface area contributed by atoms with Crippen molar-refractivity contribution in [1.82, 2.24) is 20.0 Å². The van der Waals surface area contributed by atoms with Crippen molar-refractivity contribution in [3.05, 3.63) is 22.4 Å². The zero-order valence-electron chi connectivity index (χ0n) is 18.1. The van der Waals surface area contributed by atoms with Crippen LogP contribution in [0.3, 0.4) is 0 Å². The van der Waals surface area contributed by atoms with Crippen LogP contribution in [0.25, 0.3) is 0 Å². The van der Waals surface area contributed by atoms with E-state index in [1.54, 1.807) is 0 Å². The molecule has 1 amide bonds. The first-order valence-corrected chi connectivity index (χ1v) is 12.0. The van der Waals surface area contributed by atoms with Gasteiger partial charge in [0.25, 0.3) is 0 Å². The van der Waals surface area contributed by atoms with E-state index in [1.807, 2.05) is 18.4 Å². The number of thiophene rings is 1. The summed E-state index contributed by atoms with van der Waals surface area (Å²) >= 11 is 1.83. The van der Waals surface area contributed by atoms with Gasteiger partial charge in [-0.15, -0.1) is 11.3 Å². The molecule has 0 bridgehead atoms. The largest absolute Gasteiger partial charge is 0.356 e. The highest BCUT2D eigenvalue weighted by Crippen LogP contribution is 2.14. The van der Waals surface area contributed by atoms with Crippen molar-refractivity contribution in [1.29, 1.82) is 0 Å². The summed E-state index contributed by atoms with van der Waals surface area (Å²) in [7, 11) is 1.86. The summed E-state index contributed by atoms with van der Waals surface area (Å²) in [6.07, 6.45) is 5.95. The predicted octanol–water partition coefficient (Wildman–Crippen LogP) is 2.52. The van der Waals surface area contributed by atoms with Crippen LogP contribution in [0, 0.1) is 5.92 Å². The molecule has 0 spiro atoms. The molecule has 162 valence electrons. The van der Waals surface area contributed by atoms with Gasteiger partial charge < -0.3 is 15.1 Å². The summed E-state index contributed by atoms with van der Waals surface area (Å²) < 4.78 is 0. The van der Waals surface area contributed by atoms with Gasteiger partial charge in [0.15, 0.2) is 5.96 Å². The molecule has 0 saturated carbocycles. The molecule has 1 atom stereocenters. The van der Waals surface area contributed by atoms with Crippen molar-refractivity contribution in [2.45, 2.75) is 39.0 Å². The Morgan fingerprint density at radius 3 is 2.45 bits per heavy atom. The maximum absolute atomic E-state index is 12.6. The lowest BCUT2D eigenvalue weighted by molar-refractivity contribution is -0.132. The van der Waals surface area contributed by atoms with Gasteiger partial charge in [0, 0.05) is 57.7 Å². The molecular weight excluding hydrogens is 382 g/mol. The number of guanidine groups is 1. The van der Waals surface area contributed by atoms with Gasteiger partial charge in [0.1, 0.15) is 0 Å². The smallest absolute Gasteiger partial charge is 0.236 e. The molecule has 0 aromatic carbocycles. The van der Waals surface area contributed by atoms with Crippen LogP contribution in [0.15, 0.2) is 22.5 Å². The molecule has 2 aliphatic rings. The fraction of sp³-hybridized carbons (Fsp3) is 0.727. The third-order valence-electron chi connectivity index (χ3n) is 5.94. The monoisotopic (exact) mass is 419 g/mol. The molecule has 3 rings (SSSR count). The molecule has 2 aliphatic heterocycles. The Hall–Kier alpha value is -1.60. The van der Waals surface area contributed by atoms with E-state index in [1.165, 1.54) is 17.7 Å². The van der Waals surface area contributed by atoms with Crippen molar-refractivity contribution in [2.75, 3.05) is 59.4 Å². The molecular formula is C22H37N5OS. The second-order valence-electron chi connectivity index (χ2n) is 8.37. The average Bonchev–Trinajstić information content (AvgIpc) is 3.08. The lowest BCUT2D eigenvalue weighted by Gasteiger charge is -2.37. The fourth-order valence-corrected chi connectivity index (χ4v) is 5.04. The highest BCUT2D eigenvalue weighted by Gasteiger charge is 2.23. The number of hydrogen-bond donors (Lipinski definition) is 1. The van der Waals surface area contributed by atoms with Crippen LogP contribution in [0.1, 0.15) is 37.5 Å². The Kier molecular flexibility index (Phi) is 8.80. The first kappa shape index (κ1) is 22.1. The van der Waals surface area contributed by atoms with Crippen LogP contribution in [-0.2, 0) is 11.2 Å². The minimum absolute atomic E-state index is 0.310. The normalized spacial score (nSPS) is 20.4. The van der Waals surface area contributed by atoms with E-state index < -0.39 is 0 Å². The number of hydrogen-bond acceptors (Lipinski definition) is 4. The van der Waals surface area contributed by atoms with Gasteiger partial charge in [0.2, 0.25) is 5.91 Å². The Balaban J connectivity index is 1.38. The van der Waals surface area contributed by atoms with Crippen LogP contribution in [0.2, 0.25) is 0 Å². The first-order chi connectivity index (χ1) is 14.2. The van der Waals surface area contributed by atoms with Gasteiger partial charge in [-0.1, -0.05) is 25.8 Å². The second-order valence-corrected chi connectivity index (χ2v) is 9.41. The summed E-state index contributed by atoms with van der Waals surface area (Å²) in [4.78, 5) is 25.3. The molecule has 1 N–H and O–H groups in total. The second kappa shape index (κ2) is 11.6. The zero-order chi connectivity index (χ0) is 20.5. The third kappa shape index (κ3) is 7.00. The number of carbonyl (C=O) groups is 1. The van der Waals surface area contributed by atoms with Crippen LogP contribution in [-0.4, -0.2) is 86.0 Å². The minimum atomic E-state index is 0.310. The van der Waals surface area contributed by atoms with Crippen LogP contribution < -0.4 is 5.32 Å². The van der Waals surface area contributed by atoms with E-state index in [2.05, 4.69) is 49.4 Å². The average molecular weight is 420 g/mol. The molecule has 6 nitrogen and oxygen atoms in total. The van der Waals surface area contributed by atoms with E-state index in [-0.39, 0.29) is 0 Å². The van der Waals surface area contributed by atoms with Crippen molar-refractivity contribution < 1.29 is 4.79 Å². The third-order valence-corrected chi connectivity index (χ3v) is 6.84. The first-order valence-electron chi connectivity index (χ1n) is 11.1. The topological polar surface area (TPSA) is 51.2 Å². The highest BCUT2D eigenvalue weighted by molar-refractivity contribution is 7.09. The number of rotatable bonds is 6. The Bertz CT molecular complexity index is 632. The van der Waals surface area contributed by atoms with Crippen molar-refractivity contribution in [3.63, 3.8) is 0 Å². The highest BCUT2D eigenvalue weighted by atomic mass is 32.1. The summed E-state index contributed by atoms with van der Waals surface area (Å²) in [5, 5.41) is 5.70. The van der Waals surface area contributed by atoms with Crippen LogP contribution in [0.4, 0.5) is 0 Å². The molecule has 0 radical (unpaired) electrons. The summed E-state index contributed by atoms with van der Waals surface area (Å²) in [6, 6.07) is 4.33. The number of likely N-dealkylation sites (tertiary alicyclic amines) is 1. The lowest BCUT2D eigenvalue weighted by atomic mass is 10.1. The summed E-state index contributed by atoms with van der Waals surface area (Å²) in [6.45, 7) is 9.36. The number of nitrogens with one attached hydrogen (secondary N) is 1. The number of piperazine rings is 1. The van der Waals surface area contributed by atoms with Gasteiger partial charge in [-0.25, -0.2) is 0 Å². The maximum atomic E-state index is 12.6. The Morgan fingerprint density at radius 1 is 1.10 bits per heavy atom. The van der Waals surface area contributed by atoms with Crippen molar-refractivity contribution in [2.24, 2.45) is 10.9 Å². The quantitative estimate of drug-likeness (QED) is 0.569. The molecule has 2 fully saturated rings. The predicted molar refractivity (Wildman–Crippen MR) is 122 cm³/mol. The summed E-state index contributed by atoms with van der Waals surface area (Å²) in [5.41, 5.74) is 0. The minimum Gasteiger partial charge on any atom is -0.356 e. The summed E-state index contributed by atoms with van der Waals surface area (Å²) in [5.74, 6) is 1.87. The van der Waals surface area contributed by atoms with Crippen molar-refractivity contribution >= 4 is 23.2 Å². The molecule has 3 heterocycles. The van der Waals surface area contributed by atoms with E-state index in [0.29, 0.717) is 18.4 Å². The molecule has 7 heteroatoms. The fourth-order valence-electron chi connectivity index (χ4n) is 4.17. The number of amides is 1. The molecule has 1 aromatic rings. The van der Waals surface area contributed by atoms with Gasteiger partial charge >= 0.3 is 0 Å².